The summed E-state index contributed by atoms with van der Waals surface area (Å²) in [6, 6.07) is 0. The Labute approximate surface area is 63.6 Å². The van der Waals surface area contributed by atoms with Gasteiger partial charge in [0.25, 0.3) is 0 Å². The summed E-state index contributed by atoms with van der Waals surface area (Å²) < 4.78 is 0. The van der Waals surface area contributed by atoms with E-state index in [1.807, 2.05) is 0 Å². The van der Waals surface area contributed by atoms with Crippen LogP contribution in [0.2, 0.25) is 0 Å². The molecule has 1 atom stereocenters. The van der Waals surface area contributed by atoms with Crippen LogP contribution in [0.1, 0.15) is 26.7 Å². The standard InChI is InChI=1S/C10H16/c1-8(2)10-7-5-4-6-9(10)3/h4-5,8,10H,3,6-7H2,1-2H3. The molecule has 0 nitrogen and oxygen atoms in total. The second-order valence-corrected chi connectivity index (χ2v) is 3.42. The van der Waals surface area contributed by atoms with Gasteiger partial charge in [-0.1, -0.05) is 38.2 Å². The molecule has 1 aliphatic rings. The minimum atomic E-state index is 0.741. The Kier molecular flexibility index (Phi) is 2.31. The van der Waals surface area contributed by atoms with Gasteiger partial charge in [-0.05, 0) is 24.7 Å². The van der Waals surface area contributed by atoms with E-state index in [0.717, 1.165) is 18.3 Å². The summed E-state index contributed by atoms with van der Waals surface area (Å²) in [5.74, 6) is 1.50. The quantitative estimate of drug-likeness (QED) is 0.486. The fourth-order valence-corrected chi connectivity index (χ4v) is 1.54. The summed E-state index contributed by atoms with van der Waals surface area (Å²) in [7, 11) is 0. The van der Waals surface area contributed by atoms with E-state index in [1.54, 1.807) is 0 Å². The average Bonchev–Trinajstić information content (AvgIpc) is 1.88. The van der Waals surface area contributed by atoms with Crippen molar-refractivity contribution in [2.24, 2.45) is 11.8 Å². The minimum absolute atomic E-state index is 0.741. The predicted octanol–water partition coefficient (Wildman–Crippen LogP) is 3.16. The van der Waals surface area contributed by atoms with E-state index < -0.39 is 0 Å². The topological polar surface area (TPSA) is 0 Å². The molecule has 0 spiro atoms. The highest BCUT2D eigenvalue weighted by Gasteiger charge is 2.16. The van der Waals surface area contributed by atoms with Gasteiger partial charge in [-0.15, -0.1) is 0 Å². The Hall–Kier alpha value is -0.520. The van der Waals surface area contributed by atoms with Crippen molar-refractivity contribution < 1.29 is 0 Å². The Morgan fingerprint density at radius 1 is 1.50 bits per heavy atom. The molecule has 1 rings (SSSR count). The first-order valence-corrected chi connectivity index (χ1v) is 4.04. The maximum Gasteiger partial charge on any atom is -0.0139 e. The highest BCUT2D eigenvalue weighted by molar-refractivity contribution is 5.13. The van der Waals surface area contributed by atoms with Crippen LogP contribution in [0, 0.1) is 11.8 Å². The summed E-state index contributed by atoms with van der Waals surface area (Å²) in [6.45, 7) is 8.61. The molecule has 56 valence electrons. The smallest absolute Gasteiger partial charge is 0.0139 e. The molecule has 0 saturated carbocycles. The molecule has 0 bridgehead atoms. The van der Waals surface area contributed by atoms with Crippen LogP contribution in [-0.4, -0.2) is 0 Å². The van der Waals surface area contributed by atoms with Crippen molar-refractivity contribution in [1.82, 2.24) is 0 Å². The van der Waals surface area contributed by atoms with E-state index in [0.29, 0.717) is 0 Å². The Balaban J connectivity index is 2.59. The summed E-state index contributed by atoms with van der Waals surface area (Å²) in [6.07, 6.45) is 6.81. The van der Waals surface area contributed by atoms with Crippen molar-refractivity contribution in [3.63, 3.8) is 0 Å². The van der Waals surface area contributed by atoms with Crippen LogP contribution in [0.3, 0.4) is 0 Å². The summed E-state index contributed by atoms with van der Waals surface area (Å²) in [5.41, 5.74) is 1.41. The van der Waals surface area contributed by atoms with E-state index in [2.05, 4.69) is 32.6 Å². The second kappa shape index (κ2) is 3.05. The zero-order chi connectivity index (χ0) is 7.56. The molecule has 0 aromatic carbocycles. The second-order valence-electron chi connectivity index (χ2n) is 3.42. The van der Waals surface area contributed by atoms with Crippen molar-refractivity contribution in [2.75, 3.05) is 0 Å². The van der Waals surface area contributed by atoms with E-state index in [-0.39, 0.29) is 0 Å². The Morgan fingerprint density at radius 2 is 2.20 bits per heavy atom. The van der Waals surface area contributed by atoms with Gasteiger partial charge in [-0.2, -0.15) is 0 Å². The maximum atomic E-state index is 4.07. The van der Waals surface area contributed by atoms with Gasteiger partial charge in [0, 0.05) is 0 Å². The maximum absolute atomic E-state index is 4.07. The largest absolute Gasteiger partial charge is 0.0992 e. The molecule has 0 saturated heterocycles. The lowest BCUT2D eigenvalue weighted by atomic mass is 9.82. The molecular formula is C10H16. The molecule has 0 heterocycles. The Morgan fingerprint density at radius 3 is 2.60 bits per heavy atom. The zero-order valence-electron chi connectivity index (χ0n) is 6.93. The first kappa shape index (κ1) is 7.59. The first-order valence-electron chi connectivity index (χ1n) is 4.04. The third kappa shape index (κ3) is 1.50. The fraction of sp³-hybridized carbons (Fsp3) is 0.600. The molecule has 0 N–H and O–H groups in total. The molecule has 0 aliphatic heterocycles. The fourth-order valence-electron chi connectivity index (χ4n) is 1.54. The van der Waals surface area contributed by atoms with Gasteiger partial charge in [0.15, 0.2) is 0 Å². The van der Waals surface area contributed by atoms with Crippen LogP contribution >= 0.6 is 0 Å². The SMILES string of the molecule is C=C1CC=CCC1C(C)C. The van der Waals surface area contributed by atoms with Gasteiger partial charge in [0.2, 0.25) is 0 Å². The van der Waals surface area contributed by atoms with Crippen LogP contribution in [0.5, 0.6) is 0 Å². The van der Waals surface area contributed by atoms with Crippen molar-refractivity contribution in [1.29, 1.82) is 0 Å². The molecule has 0 fully saturated rings. The number of rotatable bonds is 1. The lowest BCUT2D eigenvalue weighted by Crippen LogP contribution is -2.12. The van der Waals surface area contributed by atoms with Gasteiger partial charge in [0.1, 0.15) is 0 Å². The zero-order valence-corrected chi connectivity index (χ0v) is 6.93. The van der Waals surface area contributed by atoms with E-state index >= 15 is 0 Å². The summed E-state index contributed by atoms with van der Waals surface area (Å²) >= 11 is 0. The molecule has 1 aliphatic carbocycles. The minimum Gasteiger partial charge on any atom is -0.0992 e. The molecule has 0 heteroatoms. The third-order valence-corrected chi connectivity index (χ3v) is 2.27. The summed E-state index contributed by atoms with van der Waals surface area (Å²) in [5, 5.41) is 0. The van der Waals surface area contributed by atoms with E-state index in [1.165, 1.54) is 12.0 Å². The van der Waals surface area contributed by atoms with Crippen LogP contribution in [0.15, 0.2) is 24.3 Å². The third-order valence-electron chi connectivity index (χ3n) is 2.27. The molecule has 10 heavy (non-hydrogen) atoms. The predicted molar refractivity (Wildman–Crippen MR) is 45.8 cm³/mol. The van der Waals surface area contributed by atoms with Crippen LogP contribution in [-0.2, 0) is 0 Å². The van der Waals surface area contributed by atoms with E-state index in [9.17, 15) is 0 Å². The summed E-state index contributed by atoms with van der Waals surface area (Å²) in [4.78, 5) is 0. The van der Waals surface area contributed by atoms with Crippen LogP contribution in [0.25, 0.3) is 0 Å². The highest BCUT2D eigenvalue weighted by Crippen LogP contribution is 2.29. The monoisotopic (exact) mass is 136 g/mol. The highest BCUT2D eigenvalue weighted by atomic mass is 14.2. The normalized spacial score (nSPS) is 25.9. The van der Waals surface area contributed by atoms with Gasteiger partial charge < -0.3 is 0 Å². The molecule has 0 radical (unpaired) electrons. The Bertz CT molecular complexity index is 151. The average molecular weight is 136 g/mol. The lowest BCUT2D eigenvalue weighted by Gasteiger charge is -2.24. The molecular weight excluding hydrogens is 120 g/mol. The van der Waals surface area contributed by atoms with Gasteiger partial charge >= 0.3 is 0 Å². The van der Waals surface area contributed by atoms with Gasteiger partial charge in [-0.3, -0.25) is 0 Å². The number of hydrogen-bond donors (Lipinski definition) is 0. The van der Waals surface area contributed by atoms with Crippen molar-refractivity contribution in [3.05, 3.63) is 24.3 Å². The van der Waals surface area contributed by atoms with E-state index in [4.69, 9.17) is 0 Å². The van der Waals surface area contributed by atoms with Crippen molar-refractivity contribution >= 4 is 0 Å². The number of allylic oxidation sites excluding steroid dienone is 3. The van der Waals surface area contributed by atoms with Gasteiger partial charge in [-0.25, -0.2) is 0 Å². The molecule has 0 amide bonds. The van der Waals surface area contributed by atoms with Gasteiger partial charge in [0.05, 0.1) is 0 Å². The molecule has 0 aromatic rings. The molecule has 1 unspecified atom stereocenters. The lowest BCUT2D eigenvalue weighted by molar-refractivity contribution is 0.435. The van der Waals surface area contributed by atoms with Crippen LogP contribution < -0.4 is 0 Å². The van der Waals surface area contributed by atoms with Crippen LogP contribution in [0.4, 0.5) is 0 Å². The van der Waals surface area contributed by atoms with Crippen molar-refractivity contribution in [3.8, 4) is 0 Å². The first-order chi connectivity index (χ1) is 4.72. The number of hydrogen-bond acceptors (Lipinski definition) is 0. The van der Waals surface area contributed by atoms with Crippen molar-refractivity contribution in [2.45, 2.75) is 26.7 Å². The molecule has 0 aromatic heterocycles.